The topological polar surface area (TPSA) is 55.8 Å². The van der Waals surface area contributed by atoms with Crippen LogP contribution >= 0.6 is 11.6 Å². The molecule has 0 spiro atoms. The molecule has 0 saturated carbocycles. The molecule has 5 nitrogen and oxygen atoms in total. The lowest BCUT2D eigenvalue weighted by atomic mass is 10.1. The van der Waals surface area contributed by atoms with Gasteiger partial charge in [0.15, 0.2) is 6.04 Å². The summed E-state index contributed by atoms with van der Waals surface area (Å²) in [5.74, 6) is -0.639. The summed E-state index contributed by atoms with van der Waals surface area (Å²) in [7, 11) is 1.30. The maximum absolute atomic E-state index is 11.9. The van der Waals surface area contributed by atoms with Crippen LogP contribution in [0.1, 0.15) is 6.92 Å². The van der Waals surface area contributed by atoms with Crippen LogP contribution in [0.15, 0.2) is 0 Å². The molecule has 2 atom stereocenters. The molecule has 0 radical (unpaired) electrons. The molecule has 1 aliphatic rings. The van der Waals surface area contributed by atoms with Gasteiger partial charge in [-0.3, -0.25) is 4.79 Å². The van der Waals surface area contributed by atoms with Gasteiger partial charge in [-0.25, -0.2) is 4.79 Å². The van der Waals surface area contributed by atoms with Crippen molar-refractivity contribution in [1.29, 1.82) is 0 Å². The van der Waals surface area contributed by atoms with E-state index in [1.54, 1.807) is 6.92 Å². The molecule has 0 bridgehead atoms. The van der Waals surface area contributed by atoms with Crippen LogP contribution in [0.2, 0.25) is 0 Å². The molecule has 0 N–H and O–H groups in total. The Morgan fingerprint density at radius 1 is 1.62 bits per heavy atom. The molecule has 1 fully saturated rings. The van der Waals surface area contributed by atoms with Gasteiger partial charge < -0.3 is 14.4 Å². The summed E-state index contributed by atoms with van der Waals surface area (Å²) in [5.41, 5.74) is 0. The second-order valence-corrected chi connectivity index (χ2v) is 4.01. The number of halogens is 1. The summed E-state index contributed by atoms with van der Waals surface area (Å²) in [6.07, 6.45) is 0. The van der Waals surface area contributed by atoms with Crippen molar-refractivity contribution in [3.63, 3.8) is 0 Å². The van der Waals surface area contributed by atoms with Crippen molar-refractivity contribution in [2.75, 3.05) is 32.7 Å². The Hall–Kier alpha value is -0.810. The molecule has 1 rings (SSSR count). The van der Waals surface area contributed by atoms with Crippen LogP contribution in [0, 0.1) is 5.92 Å². The van der Waals surface area contributed by atoms with Gasteiger partial charge >= 0.3 is 5.97 Å². The first-order chi connectivity index (χ1) is 7.61. The maximum Gasteiger partial charge on any atom is 0.331 e. The summed E-state index contributed by atoms with van der Waals surface area (Å²) >= 11 is 5.63. The number of carbonyl (C=O) groups is 2. The van der Waals surface area contributed by atoms with Gasteiger partial charge in [0.1, 0.15) is 0 Å². The van der Waals surface area contributed by atoms with E-state index in [4.69, 9.17) is 16.3 Å². The van der Waals surface area contributed by atoms with E-state index in [1.807, 2.05) is 0 Å². The highest BCUT2D eigenvalue weighted by molar-refractivity contribution is 6.19. The highest BCUT2D eigenvalue weighted by atomic mass is 35.5. The lowest BCUT2D eigenvalue weighted by Gasteiger charge is -2.34. The molecule has 0 aliphatic carbocycles. The minimum Gasteiger partial charge on any atom is -0.467 e. The number of alkyl halides is 1. The molecule has 16 heavy (non-hydrogen) atoms. The number of carbonyl (C=O) groups excluding carboxylic acids is 2. The molecule has 0 aromatic rings. The largest absolute Gasteiger partial charge is 0.467 e. The molecule has 92 valence electrons. The Labute approximate surface area is 99.6 Å². The predicted octanol–water partition coefficient (Wildman–Crippen LogP) is 0.262. The van der Waals surface area contributed by atoms with Gasteiger partial charge in [0.2, 0.25) is 5.91 Å². The second kappa shape index (κ2) is 6.06. The van der Waals surface area contributed by atoms with E-state index in [2.05, 4.69) is 4.74 Å². The number of hydrogen-bond acceptors (Lipinski definition) is 4. The van der Waals surface area contributed by atoms with Crippen LogP contribution < -0.4 is 0 Å². The van der Waals surface area contributed by atoms with Crippen LogP contribution in [-0.4, -0.2) is 55.6 Å². The molecule has 0 aromatic carbocycles. The van der Waals surface area contributed by atoms with Crippen molar-refractivity contribution >= 4 is 23.5 Å². The van der Waals surface area contributed by atoms with Crippen molar-refractivity contribution < 1.29 is 19.1 Å². The first-order valence-corrected chi connectivity index (χ1v) is 5.67. The number of hydrogen-bond donors (Lipinski definition) is 0. The fraction of sp³-hybridized carbons (Fsp3) is 0.800. The third-order valence-electron chi connectivity index (χ3n) is 2.54. The smallest absolute Gasteiger partial charge is 0.331 e. The molecule has 1 saturated heterocycles. The summed E-state index contributed by atoms with van der Waals surface area (Å²) in [4.78, 5) is 24.9. The second-order valence-electron chi connectivity index (χ2n) is 3.70. The zero-order valence-corrected chi connectivity index (χ0v) is 10.2. The Kier molecular flexibility index (Phi) is 5.02. The van der Waals surface area contributed by atoms with Crippen molar-refractivity contribution in [2.45, 2.75) is 13.0 Å². The fourth-order valence-electron chi connectivity index (χ4n) is 1.55. The fourth-order valence-corrected chi connectivity index (χ4v) is 1.68. The van der Waals surface area contributed by atoms with E-state index in [1.165, 1.54) is 12.0 Å². The van der Waals surface area contributed by atoms with E-state index < -0.39 is 12.0 Å². The quantitative estimate of drug-likeness (QED) is 0.532. The zero-order chi connectivity index (χ0) is 12.1. The van der Waals surface area contributed by atoms with Crippen molar-refractivity contribution in [3.05, 3.63) is 0 Å². The van der Waals surface area contributed by atoms with Crippen molar-refractivity contribution in [1.82, 2.24) is 4.90 Å². The Balaban J connectivity index is 2.73. The first kappa shape index (κ1) is 13.3. The van der Waals surface area contributed by atoms with Crippen LogP contribution in [0.5, 0.6) is 0 Å². The van der Waals surface area contributed by atoms with Crippen molar-refractivity contribution in [2.24, 2.45) is 5.92 Å². The molecule has 1 heterocycles. The molecular weight excluding hydrogens is 234 g/mol. The predicted molar refractivity (Wildman–Crippen MR) is 58.2 cm³/mol. The van der Waals surface area contributed by atoms with Gasteiger partial charge in [0, 0.05) is 18.3 Å². The summed E-state index contributed by atoms with van der Waals surface area (Å²) in [6.45, 7) is 2.76. The Bertz CT molecular complexity index is 272. The normalized spacial score (nSPS) is 22.7. The number of morpholine rings is 1. The van der Waals surface area contributed by atoms with E-state index in [9.17, 15) is 9.59 Å². The average Bonchev–Trinajstić information content (AvgIpc) is 2.35. The number of amides is 1. The monoisotopic (exact) mass is 249 g/mol. The number of rotatable bonds is 3. The highest BCUT2D eigenvalue weighted by Gasteiger charge is 2.35. The first-order valence-electron chi connectivity index (χ1n) is 5.13. The van der Waals surface area contributed by atoms with Gasteiger partial charge in [-0.2, -0.15) is 0 Å². The summed E-state index contributed by atoms with van der Waals surface area (Å²) in [6, 6.07) is -0.642. The zero-order valence-electron chi connectivity index (χ0n) is 9.44. The maximum atomic E-state index is 11.9. The van der Waals surface area contributed by atoms with Crippen LogP contribution in [0.3, 0.4) is 0 Å². The number of nitrogens with zero attached hydrogens (tertiary/aromatic N) is 1. The van der Waals surface area contributed by atoms with Crippen LogP contribution in [0.25, 0.3) is 0 Å². The number of ether oxygens (including phenoxy) is 2. The third kappa shape index (κ3) is 2.86. The minimum absolute atomic E-state index is 0.131. The van der Waals surface area contributed by atoms with E-state index in [0.717, 1.165) is 0 Å². The molecule has 2 unspecified atom stereocenters. The SMILES string of the molecule is COC(=O)C1COCCN1C(=O)C(C)CCl. The van der Waals surface area contributed by atoms with E-state index in [-0.39, 0.29) is 24.3 Å². The Morgan fingerprint density at radius 2 is 2.31 bits per heavy atom. The van der Waals surface area contributed by atoms with Gasteiger partial charge in [0.05, 0.1) is 20.3 Å². The van der Waals surface area contributed by atoms with E-state index >= 15 is 0 Å². The van der Waals surface area contributed by atoms with Gasteiger partial charge in [-0.05, 0) is 0 Å². The third-order valence-corrected chi connectivity index (χ3v) is 3.00. The molecule has 0 aromatic heterocycles. The number of esters is 1. The molecule has 6 heteroatoms. The minimum atomic E-state index is -0.642. The molecular formula is C10H16ClNO4. The van der Waals surface area contributed by atoms with Crippen LogP contribution in [0.4, 0.5) is 0 Å². The number of methoxy groups -OCH3 is 1. The van der Waals surface area contributed by atoms with Gasteiger partial charge in [-0.1, -0.05) is 6.92 Å². The molecule has 1 aliphatic heterocycles. The van der Waals surface area contributed by atoms with Gasteiger partial charge in [0.25, 0.3) is 0 Å². The molecule has 1 amide bonds. The highest BCUT2D eigenvalue weighted by Crippen LogP contribution is 2.13. The van der Waals surface area contributed by atoms with Gasteiger partial charge in [-0.15, -0.1) is 11.6 Å². The standard InChI is InChI=1S/C10H16ClNO4/c1-7(5-11)9(13)12-3-4-16-6-8(12)10(14)15-2/h7-8H,3-6H2,1-2H3. The van der Waals surface area contributed by atoms with E-state index in [0.29, 0.717) is 13.2 Å². The lowest BCUT2D eigenvalue weighted by molar-refractivity contribution is -0.162. The average molecular weight is 250 g/mol. The Morgan fingerprint density at radius 3 is 2.88 bits per heavy atom. The lowest BCUT2D eigenvalue weighted by Crippen LogP contribution is -2.54. The van der Waals surface area contributed by atoms with Crippen molar-refractivity contribution in [3.8, 4) is 0 Å². The summed E-state index contributed by atoms with van der Waals surface area (Å²) < 4.78 is 9.81. The van der Waals surface area contributed by atoms with Crippen LogP contribution in [-0.2, 0) is 19.1 Å². The summed E-state index contributed by atoms with van der Waals surface area (Å²) in [5, 5.41) is 0.